The number of fused-ring (bicyclic) bond motifs is 1. The molecular weight excluding hydrogens is 372 g/mol. The molecule has 1 saturated heterocycles. The molecule has 1 fully saturated rings. The summed E-state index contributed by atoms with van der Waals surface area (Å²) in [5.74, 6) is -0.204. The maximum Gasteiger partial charge on any atom is 0.209 e. The van der Waals surface area contributed by atoms with Crippen molar-refractivity contribution in [3.8, 4) is 6.07 Å². The van der Waals surface area contributed by atoms with Gasteiger partial charge in [0.15, 0.2) is 0 Å². The molecule has 0 radical (unpaired) electrons. The first-order chi connectivity index (χ1) is 13.7. The Labute approximate surface area is 167 Å². The Morgan fingerprint density at radius 3 is 2.79 bits per heavy atom. The molecule has 0 unspecified atom stereocenters. The summed E-state index contributed by atoms with van der Waals surface area (Å²) in [6.07, 6.45) is 4.96. The Morgan fingerprint density at radius 2 is 2.07 bits per heavy atom. The van der Waals surface area contributed by atoms with E-state index in [9.17, 15) is 10.1 Å². The Bertz CT molecular complexity index is 1060. The third-order valence-corrected chi connectivity index (χ3v) is 6.40. The van der Waals surface area contributed by atoms with Crippen LogP contribution in [0.25, 0.3) is 11.0 Å². The van der Waals surface area contributed by atoms with Gasteiger partial charge in [-0.1, -0.05) is 24.6 Å². The molecule has 144 valence electrons. The van der Waals surface area contributed by atoms with Gasteiger partial charge < -0.3 is 10.2 Å². The van der Waals surface area contributed by atoms with Crippen molar-refractivity contribution in [2.75, 3.05) is 30.4 Å². The molecule has 4 rings (SSSR count). The zero-order chi connectivity index (χ0) is 19.7. The molecule has 0 spiro atoms. The lowest BCUT2D eigenvalue weighted by Gasteiger charge is -2.37. The number of rotatable bonds is 5. The summed E-state index contributed by atoms with van der Waals surface area (Å²) in [6, 6.07) is 9.63. The third-order valence-electron chi connectivity index (χ3n) is 5.18. The van der Waals surface area contributed by atoms with Crippen molar-refractivity contribution in [2.24, 2.45) is 0 Å². The summed E-state index contributed by atoms with van der Waals surface area (Å²) in [7, 11) is 0. The smallest absolute Gasteiger partial charge is 0.209 e. The molecule has 7 heteroatoms. The molecule has 0 bridgehead atoms. The number of piperidine rings is 1. The fourth-order valence-corrected chi connectivity index (χ4v) is 4.97. The van der Waals surface area contributed by atoms with E-state index in [0.717, 1.165) is 42.9 Å². The summed E-state index contributed by atoms with van der Waals surface area (Å²) >= 11 is 1.30. The van der Waals surface area contributed by atoms with Crippen LogP contribution >= 0.6 is 11.3 Å². The fraction of sp³-hybridized carbons (Fsp3) is 0.333. The van der Waals surface area contributed by atoms with Crippen molar-refractivity contribution >= 4 is 38.8 Å². The van der Waals surface area contributed by atoms with Gasteiger partial charge in [0.25, 0.3) is 0 Å². The van der Waals surface area contributed by atoms with E-state index >= 15 is 0 Å². The second-order valence-electron chi connectivity index (χ2n) is 6.84. The molecule has 0 aliphatic carbocycles. The Morgan fingerprint density at radius 1 is 1.32 bits per heavy atom. The summed E-state index contributed by atoms with van der Waals surface area (Å²) < 4.78 is 5.52. The molecule has 3 aromatic rings. The predicted molar refractivity (Wildman–Crippen MR) is 112 cm³/mol. The second-order valence-corrected chi connectivity index (χ2v) is 7.84. The summed E-state index contributed by atoms with van der Waals surface area (Å²) in [6.45, 7) is 4.67. The van der Waals surface area contributed by atoms with Crippen molar-refractivity contribution in [3.05, 3.63) is 46.5 Å². The largest absolute Gasteiger partial charge is 0.464 e. The molecule has 3 heterocycles. The van der Waals surface area contributed by atoms with Gasteiger partial charge >= 0.3 is 0 Å². The van der Waals surface area contributed by atoms with E-state index in [1.165, 1.54) is 24.0 Å². The minimum absolute atomic E-state index is 0.204. The minimum Gasteiger partial charge on any atom is -0.464 e. The van der Waals surface area contributed by atoms with Crippen molar-refractivity contribution < 1.29 is 9.21 Å². The topological polar surface area (TPSA) is 86.5 Å². The number of ketones is 1. The monoisotopic (exact) mass is 394 g/mol. The summed E-state index contributed by atoms with van der Waals surface area (Å²) in [5.41, 5.74) is 8.05. The first-order valence-corrected chi connectivity index (χ1v) is 10.3. The second kappa shape index (κ2) is 7.66. The molecule has 1 aliphatic heterocycles. The van der Waals surface area contributed by atoms with Gasteiger partial charge in [0.2, 0.25) is 5.78 Å². The lowest BCUT2D eigenvalue weighted by molar-refractivity contribution is 0.104. The number of benzene rings is 1. The van der Waals surface area contributed by atoms with Gasteiger partial charge in [-0.25, -0.2) is 5.01 Å². The Hall–Kier alpha value is -2.82. The maximum atomic E-state index is 13.2. The van der Waals surface area contributed by atoms with E-state index in [2.05, 4.69) is 23.0 Å². The Kier molecular flexibility index (Phi) is 5.07. The van der Waals surface area contributed by atoms with Crippen LogP contribution in [0.5, 0.6) is 0 Å². The van der Waals surface area contributed by atoms with Crippen LogP contribution in [-0.4, -0.2) is 30.4 Å². The highest BCUT2D eigenvalue weighted by Gasteiger charge is 2.29. The number of furan rings is 1. The van der Waals surface area contributed by atoms with Crippen LogP contribution in [0.3, 0.4) is 0 Å². The standard InChI is InChI=1S/C21H22N4O2S/c1-2-25(24-10-6-3-7-11-24)21-15(12-22)18(23)20(28-21)19(26)16-13-27-17-9-5-4-8-14(16)17/h4-5,8-9,13H,2-3,6-7,10-11,23H2,1H3. The Balaban J connectivity index is 1.76. The number of hydrogen-bond donors (Lipinski definition) is 1. The number of nitriles is 1. The molecule has 0 atom stereocenters. The lowest BCUT2D eigenvalue weighted by atomic mass is 10.1. The number of thiophene rings is 1. The van der Waals surface area contributed by atoms with Crippen LogP contribution in [0.4, 0.5) is 10.7 Å². The number of para-hydroxylation sites is 1. The van der Waals surface area contributed by atoms with Crippen LogP contribution in [0.2, 0.25) is 0 Å². The van der Waals surface area contributed by atoms with Crippen LogP contribution < -0.4 is 10.7 Å². The van der Waals surface area contributed by atoms with E-state index in [-0.39, 0.29) is 11.5 Å². The SMILES string of the molecule is CCN(c1sc(C(=O)c2coc3ccccc23)c(N)c1C#N)N1CCCCC1. The van der Waals surface area contributed by atoms with Crippen molar-refractivity contribution in [2.45, 2.75) is 26.2 Å². The van der Waals surface area contributed by atoms with Gasteiger partial charge in [0.1, 0.15) is 33.4 Å². The molecular formula is C21H22N4O2S. The fourth-order valence-electron chi connectivity index (χ4n) is 3.76. The highest BCUT2D eigenvalue weighted by molar-refractivity contribution is 7.19. The molecule has 1 aromatic carbocycles. The zero-order valence-corrected chi connectivity index (χ0v) is 16.6. The number of carbonyl (C=O) groups is 1. The highest BCUT2D eigenvalue weighted by Crippen LogP contribution is 2.40. The van der Waals surface area contributed by atoms with Gasteiger partial charge in [-0.05, 0) is 25.8 Å². The number of nitrogens with zero attached hydrogens (tertiary/aromatic N) is 3. The van der Waals surface area contributed by atoms with E-state index in [1.54, 1.807) is 0 Å². The van der Waals surface area contributed by atoms with Gasteiger partial charge in [-0.3, -0.25) is 9.80 Å². The van der Waals surface area contributed by atoms with Gasteiger partial charge in [-0.2, -0.15) is 5.26 Å². The van der Waals surface area contributed by atoms with Crippen molar-refractivity contribution in [3.63, 3.8) is 0 Å². The van der Waals surface area contributed by atoms with E-state index < -0.39 is 0 Å². The highest BCUT2D eigenvalue weighted by atomic mass is 32.1. The number of hydrogen-bond acceptors (Lipinski definition) is 7. The molecule has 28 heavy (non-hydrogen) atoms. The zero-order valence-electron chi connectivity index (χ0n) is 15.8. The third kappa shape index (κ3) is 3.05. The molecule has 1 aliphatic rings. The predicted octanol–water partition coefficient (Wildman–Crippen LogP) is 4.41. The van der Waals surface area contributed by atoms with Crippen LogP contribution in [0.15, 0.2) is 34.9 Å². The summed E-state index contributed by atoms with van der Waals surface area (Å²) in [4.78, 5) is 13.6. The van der Waals surface area contributed by atoms with Crippen LogP contribution in [-0.2, 0) is 0 Å². The number of anilines is 2. The minimum atomic E-state index is -0.204. The van der Waals surface area contributed by atoms with Gasteiger partial charge in [0.05, 0.1) is 11.3 Å². The van der Waals surface area contributed by atoms with Crippen LogP contribution in [0.1, 0.15) is 47.0 Å². The van der Waals surface area contributed by atoms with Crippen LogP contribution in [0, 0.1) is 11.3 Å². The number of hydrazine groups is 1. The van der Waals surface area contributed by atoms with E-state index in [1.807, 2.05) is 24.3 Å². The molecule has 0 amide bonds. The molecule has 6 nitrogen and oxygen atoms in total. The normalized spacial score (nSPS) is 14.9. The number of nitrogen functional groups attached to an aromatic ring is 1. The number of nitrogens with two attached hydrogens (primary N) is 1. The van der Waals surface area contributed by atoms with Crippen molar-refractivity contribution in [1.82, 2.24) is 5.01 Å². The molecule has 0 saturated carbocycles. The molecule has 2 N–H and O–H groups in total. The van der Waals surface area contributed by atoms with E-state index in [4.69, 9.17) is 10.2 Å². The van der Waals surface area contributed by atoms with Crippen molar-refractivity contribution in [1.29, 1.82) is 5.26 Å². The molecule has 2 aromatic heterocycles. The first-order valence-electron chi connectivity index (χ1n) is 9.51. The van der Waals surface area contributed by atoms with Gasteiger partial charge in [-0.15, -0.1) is 11.3 Å². The quantitative estimate of drug-likeness (QED) is 0.645. The first kappa shape index (κ1) is 18.5. The summed E-state index contributed by atoms with van der Waals surface area (Å²) in [5, 5.41) is 15.6. The average molecular weight is 395 g/mol. The van der Waals surface area contributed by atoms with E-state index in [0.29, 0.717) is 21.6 Å². The average Bonchev–Trinajstić information content (AvgIpc) is 3.30. The lowest BCUT2D eigenvalue weighted by Crippen LogP contribution is -2.45. The number of carbonyl (C=O) groups excluding carboxylic acids is 1. The van der Waals surface area contributed by atoms with Gasteiger partial charge in [0, 0.05) is 25.0 Å². The maximum absolute atomic E-state index is 13.2.